The minimum atomic E-state index is -0.167. The van der Waals surface area contributed by atoms with E-state index in [9.17, 15) is 0 Å². The first-order valence-corrected chi connectivity index (χ1v) is 7.11. The van der Waals surface area contributed by atoms with Crippen molar-refractivity contribution < 1.29 is 19.9 Å². The molecule has 0 spiro atoms. The molecular formula is C16H21N3O4. The molecule has 124 valence electrons. The van der Waals surface area contributed by atoms with E-state index in [2.05, 4.69) is 10.3 Å². The third-order valence-corrected chi connectivity index (χ3v) is 2.24. The van der Waals surface area contributed by atoms with Crippen molar-refractivity contribution in [2.24, 2.45) is 10.3 Å². The predicted octanol–water partition coefficient (Wildman–Crippen LogP) is 2.52. The molecule has 0 unspecified atom stereocenters. The molecule has 2 aromatic rings. The van der Waals surface area contributed by atoms with Crippen LogP contribution in [-0.4, -0.2) is 42.0 Å². The molecule has 2 aromatic carbocycles. The molecule has 0 saturated heterocycles. The van der Waals surface area contributed by atoms with Crippen LogP contribution in [0.1, 0.15) is 0 Å². The van der Waals surface area contributed by atoms with Crippen LogP contribution in [0.15, 0.2) is 77.1 Å². The van der Waals surface area contributed by atoms with Gasteiger partial charge >= 0.3 is 0 Å². The number of benzene rings is 2. The first kappa shape index (κ1) is 18.7. The van der Waals surface area contributed by atoms with Crippen LogP contribution in [0, 0.1) is 0 Å². The van der Waals surface area contributed by atoms with Gasteiger partial charge in [0, 0.05) is 0 Å². The number of aliphatic hydroxyl groups excluding tert-OH is 2. The van der Waals surface area contributed by atoms with Crippen molar-refractivity contribution in [3.8, 4) is 0 Å². The predicted molar refractivity (Wildman–Crippen MR) is 85.3 cm³/mol. The average Bonchev–Trinajstić information content (AvgIpc) is 2.64. The van der Waals surface area contributed by atoms with E-state index < -0.39 is 0 Å². The molecule has 0 aliphatic carbocycles. The van der Waals surface area contributed by atoms with E-state index in [1.54, 1.807) is 12.1 Å². The molecule has 23 heavy (non-hydrogen) atoms. The summed E-state index contributed by atoms with van der Waals surface area (Å²) in [4.78, 5) is 9.81. The Morgan fingerprint density at radius 3 is 1.61 bits per heavy atom. The second kappa shape index (κ2) is 13.4. The van der Waals surface area contributed by atoms with Crippen LogP contribution >= 0.6 is 0 Å². The zero-order valence-corrected chi connectivity index (χ0v) is 12.7. The van der Waals surface area contributed by atoms with Gasteiger partial charge in [-0.2, -0.15) is 0 Å². The summed E-state index contributed by atoms with van der Waals surface area (Å²) in [5, 5.41) is 25.5. The molecule has 0 aliphatic rings. The van der Waals surface area contributed by atoms with Gasteiger partial charge < -0.3 is 10.2 Å². The molecule has 0 saturated carbocycles. The Morgan fingerprint density at radius 1 is 0.739 bits per heavy atom. The lowest BCUT2D eigenvalue weighted by molar-refractivity contribution is -0.376. The SMILES string of the molecule is OCCON(N=Nc1ccccc1)OCCO.c1ccccc1. The fourth-order valence-corrected chi connectivity index (χ4v) is 1.29. The Balaban J connectivity index is 0.000000366. The van der Waals surface area contributed by atoms with E-state index in [4.69, 9.17) is 19.9 Å². The molecule has 0 aromatic heterocycles. The first-order chi connectivity index (χ1) is 11.4. The molecule has 2 N–H and O–H groups in total. The highest BCUT2D eigenvalue weighted by atomic mass is 17.0. The minimum Gasteiger partial charge on any atom is -0.394 e. The van der Waals surface area contributed by atoms with Gasteiger partial charge in [-0.25, -0.2) is 9.68 Å². The van der Waals surface area contributed by atoms with Gasteiger partial charge in [0.15, 0.2) is 0 Å². The lowest BCUT2D eigenvalue weighted by Crippen LogP contribution is -2.21. The summed E-state index contributed by atoms with van der Waals surface area (Å²) in [7, 11) is 0. The van der Waals surface area contributed by atoms with E-state index in [0.717, 1.165) is 5.34 Å². The van der Waals surface area contributed by atoms with Gasteiger partial charge in [-0.1, -0.05) is 54.6 Å². The van der Waals surface area contributed by atoms with Crippen molar-refractivity contribution in [1.29, 1.82) is 0 Å². The van der Waals surface area contributed by atoms with Crippen LogP contribution in [-0.2, 0) is 9.68 Å². The number of hydrogen-bond donors (Lipinski definition) is 2. The molecule has 7 nitrogen and oxygen atoms in total. The van der Waals surface area contributed by atoms with E-state index in [0.29, 0.717) is 5.69 Å². The highest BCUT2D eigenvalue weighted by Gasteiger charge is 2.02. The molecule has 0 radical (unpaired) electrons. The lowest BCUT2D eigenvalue weighted by Gasteiger charge is -2.13. The average molecular weight is 319 g/mol. The summed E-state index contributed by atoms with van der Waals surface area (Å²) < 4.78 is 0. The molecule has 0 aliphatic heterocycles. The van der Waals surface area contributed by atoms with Crippen LogP contribution in [0.3, 0.4) is 0 Å². The van der Waals surface area contributed by atoms with Crippen molar-refractivity contribution in [2.75, 3.05) is 26.4 Å². The van der Waals surface area contributed by atoms with Gasteiger partial charge in [-0.15, -0.1) is 5.11 Å². The molecule has 2 rings (SSSR count). The number of nitrogens with zero attached hydrogens (tertiary/aromatic N) is 3. The standard InChI is InChI=1S/C10H15N3O4.C6H6/c14-6-8-16-13(17-9-7-15)12-11-10-4-2-1-3-5-10;1-2-4-6-5-3-1/h1-5,14-15H,6-9H2;1-6H. The third kappa shape index (κ3) is 10.1. The molecular weight excluding hydrogens is 298 g/mol. The van der Waals surface area contributed by atoms with Gasteiger partial charge in [-0.3, -0.25) is 0 Å². The molecule has 0 bridgehead atoms. The number of rotatable bonds is 8. The number of aliphatic hydroxyl groups is 2. The van der Waals surface area contributed by atoms with E-state index >= 15 is 0 Å². The highest BCUT2D eigenvalue weighted by molar-refractivity contribution is 5.34. The van der Waals surface area contributed by atoms with Crippen molar-refractivity contribution >= 4 is 5.69 Å². The van der Waals surface area contributed by atoms with E-state index in [1.165, 1.54) is 0 Å². The lowest BCUT2D eigenvalue weighted by atomic mass is 10.3. The van der Waals surface area contributed by atoms with Crippen molar-refractivity contribution in [2.45, 2.75) is 0 Å². The quantitative estimate of drug-likeness (QED) is 0.577. The van der Waals surface area contributed by atoms with Crippen LogP contribution in [0.25, 0.3) is 0 Å². The summed E-state index contributed by atoms with van der Waals surface area (Å²) in [6.45, 7) is -0.280. The summed E-state index contributed by atoms with van der Waals surface area (Å²) in [6.07, 6.45) is 0. The first-order valence-electron chi connectivity index (χ1n) is 7.11. The van der Waals surface area contributed by atoms with Crippen LogP contribution in [0.5, 0.6) is 0 Å². The fourth-order valence-electron chi connectivity index (χ4n) is 1.29. The monoisotopic (exact) mass is 319 g/mol. The summed E-state index contributed by atoms with van der Waals surface area (Å²) in [5.41, 5.74) is 0.637. The molecule has 0 amide bonds. The Hall–Kier alpha value is -2.32. The Labute approximate surface area is 135 Å². The van der Waals surface area contributed by atoms with Crippen LogP contribution in [0.2, 0.25) is 0 Å². The van der Waals surface area contributed by atoms with Crippen molar-refractivity contribution in [1.82, 2.24) is 5.34 Å². The molecule has 0 heterocycles. The Bertz CT molecular complexity index is 477. The summed E-state index contributed by atoms with van der Waals surface area (Å²) in [5.74, 6) is 0. The molecule has 0 atom stereocenters. The van der Waals surface area contributed by atoms with Gasteiger partial charge in [0.2, 0.25) is 0 Å². The maximum atomic E-state index is 8.60. The van der Waals surface area contributed by atoms with E-state index in [-0.39, 0.29) is 26.4 Å². The zero-order valence-electron chi connectivity index (χ0n) is 12.7. The second-order valence-electron chi connectivity index (χ2n) is 4.03. The normalized spacial score (nSPS) is 10.2. The van der Waals surface area contributed by atoms with Gasteiger partial charge in [0.25, 0.3) is 0 Å². The van der Waals surface area contributed by atoms with Crippen LogP contribution < -0.4 is 0 Å². The smallest absolute Gasteiger partial charge is 0.102 e. The van der Waals surface area contributed by atoms with Gasteiger partial charge in [0.1, 0.15) is 13.2 Å². The number of hydrogen-bond acceptors (Lipinski definition) is 6. The maximum Gasteiger partial charge on any atom is 0.102 e. The molecule has 7 heteroatoms. The third-order valence-electron chi connectivity index (χ3n) is 2.24. The van der Waals surface area contributed by atoms with Crippen molar-refractivity contribution in [3.05, 3.63) is 66.7 Å². The second-order valence-corrected chi connectivity index (χ2v) is 4.03. The van der Waals surface area contributed by atoms with E-state index in [1.807, 2.05) is 54.6 Å². The summed E-state index contributed by atoms with van der Waals surface area (Å²) >= 11 is 0. The van der Waals surface area contributed by atoms with Crippen molar-refractivity contribution in [3.63, 3.8) is 0 Å². The van der Waals surface area contributed by atoms with Crippen LogP contribution in [0.4, 0.5) is 5.69 Å². The van der Waals surface area contributed by atoms with Gasteiger partial charge in [-0.05, 0) is 22.7 Å². The zero-order chi connectivity index (χ0) is 16.6. The molecule has 0 fully saturated rings. The van der Waals surface area contributed by atoms with Gasteiger partial charge in [0.05, 0.1) is 18.9 Å². The Morgan fingerprint density at radius 2 is 1.17 bits per heavy atom. The largest absolute Gasteiger partial charge is 0.394 e. The minimum absolute atomic E-state index is 0.0270. The summed E-state index contributed by atoms with van der Waals surface area (Å²) in [6, 6.07) is 21.0. The highest BCUT2D eigenvalue weighted by Crippen LogP contribution is 2.11. The Kier molecular flexibility index (Phi) is 10.9. The fraction of sp³-hybridized carbons (Fsp3) is 0.250. The topological polar surface area (TPSA) is 86.9 Å². The maximum absolute atomic E-state index is 8.60.